The van der Waals surface area contributed by atoms with Gasteiger partial charge in [0.2, 0.25) is 5.95 Å². The molecule has 0 aliphatic carbocycles. The molecule has 0 radical (unpaired) electrons. The average molecular weight is 716 g/mol. The average Bonchev–Trinajstić information content (AvgIpc) is 3.80. The van der Waals surface area contributed by atoms with Crippen LogP contribution in [0.15, 0.2) is 200 Å². The van der Waals surface area contributed by atoms with Gasteiger partial charge >= 0.3 is 0 Å². The SMILES string of the molecule is c1ccc(-c2ccc(-c3cccc(-n4c5ccccc5c5c4ccc4c6ccccc6n(-c6nc(-c7ccccc7)nc(-c7ccccc7)n6)c45)c3)cc2)cc1. The first kappa shape index (κ1) is 31.9. The van der Waals surface area contributed by atoms with Crippen molar-refractivity contribution in [2.75, 3.05) is 0 Å². The van der Waals surface area contributed by atoms with Gasteiger partial charge in [0.25, 0.3) is 0 Å². The smallest absolute Gasteiger partial charge is 0.238 e. The maximum absolute atomic E-state index is 5.23. The molecule has 3 aromatic heterocycles. The normalized spacial score (nSPS) is 11.6. The van der Waals surface area contributed by atoms with Crippen LogP contribution >= 0.6 is 0 Å². The molecule has 0 unspecified atom stereocenters. The second-order valence-corrected chi connectivity index (χ2v) is 14.1. The van der Waals surface area contributed by atoms with Crippen LogP contribution < -0.4 is 0 Å². The molecule has 3 heterocycles. The standard InChI is InChI=1S/C51H33N5/c1-4-15-34(16-5-1)35-27-29-36(30-28-35)39-21-14-22-40(33-39)55-45-26-13-11-24-43(45)47-46(55)32-31-42-41-23-10-12-25-44(41)56(48(42)47)51-53-49(37-17-6-2-7-18-37)52-50(54-51)38-19-8-3-9-20-38/h1-33H. The summed E-state index contributed by atoms with van der Waals surface area (Å²) in [6, 6.07) is 70.4. The number of hydrogen-bond donors (Lipinski definition) is 0. The first-order valence-corrected chi connectivity index (χ1v) is 18.9. The van der Waals surface area contributed by atoms with E-state index >= 15 is 0 Å². The van der Waals surface area contributed by atoms with Gasteiger partial charge in [0.15, 0.2) is 11.6 Å². The van der Waals surface area contributed by atoms with Crippen molar-refractivity contribution < 1.29 is 0 Å². The van der Waals surface area contributed by atoms with E-state index in [2.05, 4.69) is 173 Å². The van der Waals surface area contributed by atoms with Crippen LogP contribution in [0, 0.1) is 0 Å². The highest BCUT2D eigenvalue weighted by molar-refractivity contribution is 6.26. The molecular formula is C51H33N5. The highest BCUT2D eigenvalue weighted by Crippen LogP contribution is 2.42. The Labute approximate surface area is 323 Å². The molecule has 5 heteroatoms. The largest absolute Gasteiger partial charge is 0.309 e. The van der Waals surface area contributed by atoms with Crippen LogP contribution in [0.3, 0.4) is 0 Å². The molecule has 56 heavy (non-hydrogen) atoms. The third-order valence-electron chi connectivity index (χ3n) is 10.8. The predicted molar refractivity (Wildman–Crippen MR) is 230 cm³/mol. The van der Waals surface area contributed by atoms with Crippen LogP contribution in [-0.2, 0) is 0 Å². The molecule has 11 aromatic rings. The summed E-state index contributed by atoms with van der Waals surface area (Å²) in [5.74, 6) is 1.83. The highest BCUT2D eigenvalue weighted by Gasteiger charge is 2.23. The molecule has 262 valence electrons. The minimum absolute atomic E-state index is 0.578. The first-order chi connectivity index (χ1) is 27.8. The van der Waals surface area contributed by atoms with Crippen molar-refractivity contribution in [2.45, 2.75) is 0 Å². The molecule has 0 aliphatic rings. The summed E-state index contributed by atoms with van der Waals surface area (Å²) in [6.07, 6.45) is 0. The number of para-hydroxylation sites is 2. The van der Waals surface area contributed by atoms with E-state index in [9.17, 15) is 0 Å². The summed E-state index contributed by atoms with van der Waals surface area (Å²) in [6.45, 7) is 0. The van der Waals surface area contributed by atoms with E-state index in [4.69, 9.17) is 15.0 Å². The Morgan fingerprint density at radius 1 is 0.304 bits per heavy atom. The summed E-state index contributed by atoms with van der Waals surface area (Å²) < 4.78 is 4.64. The monoisotopic (exact) mass is 715 g/mol. The number of rotatable bonds is 6. The molecule has 0 saturated heterocycles. The van der Waals surface area contributed by atoms with Crippen LogP contribution in [0.1, 0.15) is 0 Å². The molecule has 0 saturated carbocycles. The lowest BCUT2D eigenvalue weighted by molar-refractivity contribution is 0.955. The maximum Gasteiger partial charge on any atom is 0.238 e. The van der Waals surface area contributed by atoms with Gasteiger partial charge in [-0.15, -0.1) is 0 Å². The van der Waals surface area contributed by atoms with Gasteiger partial charge < -0.3 is 4.57 Å². The Kier molecular flexibility index (Phi) is 7.42. The molecule has 8 aromatic carbocycles. The van der Waals surface area contributed by atoms with Gasteiger partial charge in [0.05, 0.1) is 22.1 Å². The topological polar surface area (TPSA) is 48.5 Å². The van der Waals surface area contributed by atoms with Crippen LogP contribution in [0.2, 0.25) is 0 Å². The van der Waals surface area contributed by atoms with Crippen molar-refractivity contribution in [3.63, 3.8) is 0 Å². The summed E-state index contributed by atoms with van der Waals surface area (Å²) in [5, 5.41) is 4.60. The fourth-order valence-electron chi connectivity index (χ4n) is 8.20. The van der Waals surface area contributed by atoms with Gasteiger partial charge in [-0.3, -0.25) is 4.57 Å². The Morgan fingerprint density at radius 3 is 1.45 bits per heavy atom. The Hall–Kier alpha value is -7.63. The van der Waals surface area contributed by atoms with Crippen molar-refractivity contribution in [3.05, 3.63) is 200 Å². The van der Waals surface area contributed by atoms with Gasteiger partial charge in [0, 0.05) is 38.4 Å². The fourth-order valence-corrected chi connectivity index (χ4v) is 8.20. The van der Waals surface area contributed by atoms with E-state index in [0.29, 0.717) is 17.6 Å². The minimum Gasteiger partial charge on any atom is -0.309 e. The molecule has 0 bridgehead atoms. The van der Waals surface area contributed by atoms with Gasteiger partial charge in [-0.05, 0) is 52.6 Å². The van der Waals surface area contributed by atoms with E-state index in [-0.39, 0.29) is 0 Å². The number of hydrogen-bond acceptors (Lipinski definition) is 3. The first-order valence-electron chi connectivity index (χ1n) is 18.9. The molecule has 0 fully saturated rings. The van der Waals surface area contributed by atoms with Crippen molar-refractivity contribution in [2.24, 2.45) is 0 Å². The van der Waals surface area contributed by atoms with E-state index in [1.54, 1.807) is 0 Å². The maximum atomic E-state index is 5.23. The summed E-state index contributed by atoms with van der Waals surface area (Å²) >= 11 is 0. The fraction of sp³-hybridized carbons (Fsp3) is 0. The number of aromatic nitrogens is 5. The third kappa shape index (κ3) is 5.21. The minimum atomic E-state index is 0.578. The number of benzene rings is 8. The van der Waals surface area contributed by atoms with Crippen LogP contribution in [-0.4, -0.2) is 24.1 Å². The number of nitrogens with zero attached hydrogens (tertiary/aromatic N) is 5. The molecule has 0 N–H and O–H groups in total. The van der Waals surface area contributed by atoms with E-state index in [0.717, 1.165) is 66.0 Å². The van der Waals surface area contributed by atoms with Crippen LogP contribution in [0.4, 0.5) is 0 Å². The zero-order valence-corrected chi connectivity index (χ0v) is 30.3. The predicted octanol–water partition coefficient (Wildman–Crippen LogP) is 12.7. The van der Waals surface area contributed by atoms with Gasteiger partial charge in [-0.25, -0.2) is 4.98 Å². The van der Waals surface area contributed by atoms with Gasteiger partial charge in [0.1, 0.15) is 0 Å². The number of fused-ring (bicyclic) bond motifs is 7. The van der Waals surface area contributed by atoms with Crippen molar-refractivity contribution >= 4 is 43.6 Å². The van der Waals surface area contributed by atoms with Crippen LogP contribution in [0.25, 0.3) is 100 Å². The van der Waals surface area contributed by atoms with E-state index < -0.39 is 0 Å². The summed E-state index contributed by atoms with van der Waals surface area (Å²) in [4.78, 5) is 15.5. The lowest BCUT2D eigenvalue weighted by Gasteiger charge is -2.12. The highest BCUT2D eigenvalue weighted by atomic mass is 15.2. The quantitative estimate of drug-likeness (QED) is 0.172. The Morgan fingerprint density at radius 2 is 0.804 bits per heavy atom. The van der Waals surface area contributed by atoms with Crippen molar-refractivity contribution in [3.8, 4) is 56.7 Å². The van der Waals surface area contributed by atoms with Crippen LogP contribution in [0.5, 0.6) is 0 Å². The van der Waals surface area contributed by atoms with Gasteiger partial charge in [-0.2, -0.15) is 9.97 Å². The van der Waals surface area contributed by atoms with Gasteiger partial charge in [-0.1, -0.05) is 170 Å². The molecule has 0 atom stereocenters. The lowest BCUT2D eigenvalue weighted by atomic mass is 10.00. The summed E-state index contributed by atoms with van der Waals surface area (Å²) in [7, 11) is 0. The molecule has 11 rings (SSSR count). The van der Waals surface area contributed by atoms with Crippen molar-refractivity contribution in [1.82, 2.24) is 24.1 Å². The second-order valence-electron chi connectivity index (χ2n) is 14.1. The molecule has 5 nitrogen and oxygen atoms in total. The Bertz CT molecular complexity index is 3160. The molecule has 0 spiro atoms. The zero-order valence-electron chi connectivity index (χ0n) is 30.3. The lowest BCUT2D eigenvalue weighted by Crippen LogP contribution is -2.06. The molecule has 0 amide bonds. The van der Waals surface area contributed by atoms with E-state index in [1.807, 2.05) is 36.4 Å². The Balaban J connectivity index is 1.16. The molecular weight excluding hydrogens is 683 g/mol. The van der Waals surface area contributed by atoms with Crippen molar-refractivity contribution in [1.29, 1.82) is 0 Å². The summed E-state index contributed by atoms with van der Waals surface area (Å²) in [5.41, 5.74) is 12.1. The van der Waals surface area contributed by atoms with E-state index in [1.165, 1.54) is 16.7 Å². The second kappa shape index (κ2) is 13.0. The molecule has 0 aliphatic heterocycles. The zero-order chi connectivity index (χ0) is 37.0. The third-order valence-corrected chi connectivity index (χ3v) is 10.8.